The van der Waals surface area contributed by atoms with E-state index in [1.165, 1.54) is 0 Å². The zero-order valence-electron chi connectivity index (χ0n) is 10.0. The molecule has 0 unspecified atom stereocenters. The van der Waals surface area contributed by atoms with Crippen LogP contribution >= 0.6 is 15.6 Å². The van der Waals surface area contributed by atoms with Gasteiger partial charge in [-0.3, -0.25) is 0 Å². The van der Waals surface area contributed by atoms with E-state index in [0.717, 1.165) is 0 Å². The van der Waals surface area contributed by atoms with E-state index in [9.17, 15) is 9.13 Å². The molecule has 0 aliphatic heterocycles. The third kappa shape index (κ3) is 31.4. The number of rotatable bonds is 2. The van der Waals surface area contributed by atoms with Crippen molar-refractivity contribution < 1.29 is 66.9 Å². The fourth-order valence-electron chi connectivity index (χ4n) is 0.139. The molecule has 0 bridgehead atoms. The van der Waals surface area contributed by atoms with Crippen molar-refractivity contribution in [1.29, 1.82) is 0 Å². The third-order valence-electron chi connectivity index (χ3n) is 0.213. The van der Waals surface area contributed by atoms with Crippen molar-refractivity contribution in [2.24, 2.45) is 0 Å². The molecule has 10 N–H and O–H groups in total. The van der Waals surface area contributed by atoms with Gasteiger partial charge in [0.1, 0.15) is 0 Å². The second-order valence-corrected chi connectivity index (χ2v) is 3.68. The van der Waals surface area contributed by atoms with E-state index in [1.54, 1.807) is 0 Å². The van der Waals surface area contributed by atoms with Crippen LogP contribution in [0.2, 0.25) is 0 Å². The Morgan fingerprint density at radius 2 is 1.08 bits per heavy atom. The Morgan fingerprint density at radius 1 is 0.923 bits per heavy atom. The Morgan fingerprint density at radius 3 is 1.08 bits per heavy atom. The van der Waals surface area contributed by atoms with E-state index in [-0.39, 0.29) is 83.9 Å². The van der Waals surface area contributed by atoms with E-state index < -0.39 is 15.6 Å². The molecule has 0 saturated carbocycles. The van der Waals surface area contributed by atoms with Gasteiger partial charge < -0.3 is 36.2 Å². The van der Waals surface area contributed by atoms with Gasteiger partial charge >= 0.3 is 82.9 Å². The molecule has 0 amide bonds. The summed E-state index contributed by atoms with van der Waals surface area (Å²) in [4.78, 5) is 31.0. The maximum Gasteiger partial charge on any atom is 2.00 e. The van der Waals surface area contributed by atoms with Crippen LogP contribution in [0.5, 0.6) is 0 Å². The van der Waals surface area contributed by atoms with Crippen molar-refractivity contribution in [3.63, 3.8) is 0 Å². The van der Waals surface area contributed by atoms with Crippen LogP contribution in [0.15, 0.2) is 0 Å². The van der Waals surface area contributed by atoms with Crippen LogP contribution in [0.1, 0.15) is 4.28 Å². The van der Waals surface area contributed by atoms with Crippen LogP contribution in [-0.4, -0.2) is 57.3 Å². The van der Waals surface area contributed by atoms with Gasteiger partial charge in [-0.1, -0.05) is 0 Å². The second kappa shape index (κ2) is 10.9. The SMILES string of the molecule is N.N.O=P(O)(O)OP(=O)(O)O.[Ca+2].[H-].[H-].[H-].[Na+]. The monoisotopic (exact) mass is 278 g/mol. The summed E-state index contributed by atoms with van der Waals surface area (Å²) < 4.78 is 22.2. The van der Waals surface area contributed by atoms with Crippen molar-refractivity contribution in [1.82, 2.24) is 12.3 Å². The van der Waals surface area contributed by atoms with Crippen molar-refractivity contribution in [3.05, 3.63) is 0 Å². The molecule has 0 saturated heterocycles. The first-order chi connectivity index (χ1) is 3.71. The van der Waals surface area contributed by atoms with Gasteiger partial charge in [-0.2, -0.15) is 4.31 Å². The van der Waals surface area contributed by atoms with Crippen LogP contribution in [0.25, 0.3) is 0 Å². The third-order valence-corrected chi connectivity index (χ3v) is 1.91. The Hall–Kier alpha value is 2.44. The molecule has 0 heterocycles. The van der Waals surface area contributed by atoms with Gasteiger partial charge in [-0.15, -0.1) is 0 Å². The molecule has 0 aromatic carbocycles. The Balaban J connectivity index is -0.0000000152. The van der Waals surface area contributed by atoms with Gasteiger partial charge in [-0.05, 0) is 0 Å². The zero-order chi connectivity index (χ0) is 7.71. The maximum absolute atomic E-state index is 9.63. The summed E-state index contributed by atoms with van der Waals surface area (Å²) in [7, 11) is -10.1. The van der Waals surface area contributed by atoms with Crippen LogP contribution in [0.4, 0.5) is 0 Å². The fraction of sp³-hybridized carbons (Fsp3) is 0. The van der Waals surface area contributed by atoms with E-state index >= 15 is 0 Å². The molecule has 0 rings (SSSR count). The molecule has 0 fully saturated rings. The fourth-order valence-corrected chi connectivity index (χ4v) is 1.25. The zero-order valence-corrected chi connectivity index (χ0v) is 13.0. The Bertz CT molecular complexity index is 176. The average Bonchev–Trinajstić information content (AvgIpc) is 1.14. The van der Waals surface area contributed by atoms with Crippen molar-refractivity contribution in [2.75, 3.05) is 0 Å². The van der Waals surface area contributed by atoms with Gasteiger partial charge in [0.05, 0.1) is 0 Å². The molecule has 0 radical (unpaired) electrons. The summed E-state index contributed by atoms with van der Waals surface area (Å²) >= 11 is 0. The summed E-state index contributed by atoms with van der Waals surface area (Å²) in [6.45, 7) is 0. The minimum absolute atomic E-state index is 0. The smallest absolute Gasteiger partial charge is 1.00 e. The predicted octanol–water partition coefficient (Wildman–Crippen LogP) is -3.53. The first-order valence-corrected chi connectivity index (χ1v) is 4.59. The van der Waals surface area contributed by atoms with E-state index in [0.29, 0.717) is 0 Å². The van der Waals surface area contributed by atoms with Crippen LogP contribution < -0.4 is 41.9 Å². The Labute approximate surface area is 131 Å². The molecule has 0 aromatic rings. The average molecular weight is 278 g/mol. The van der Waals surface area contributed by atoms with Gasteiger partial charge in [-0.25, -0.2) is 9.13 Å². The topological polar surface area (TPSA) is 194 Å². The van der Waals surface area contributed by atoms with E-state index in [2.05, 4.69) is 4.31 Å². The van der Waals surface area contributed by atoms with E-state index in [4.69, 9.17) is 19.6 Å². The predicted molar refractivity (Wildman–Crippen MR) is 44.3 cm³/mol. The summed E-state index contributed by atoms with van der Waals surface area (Å²) in [6.07, 6.45) is 0. The summed E-state index contributed by atoms with van der Waals surface area (Å²) in [5, 5.41) is 0. The molecule has 0 aliphatic carbocycles. The molecule has 0 aromatic heterocycles. The molecule has 0 aliphatic rings. The van der Waals surface area contributed by atoms with Crippen LogP contribution in [0, 0.1) is 0 Å². The second-order valence-electron chi connectivity index (χ2n) is 1.06. The standard InChI is InChI=1S/Ca.2H3N.Na.H4O7P2.3H/c;;;;1-8(2,3)7-9(4,5)6;;;/h;2*1H3;;(H2,1,2,3)(H2,4,5,6);;;/q+2;;;+1;;3*-1. The van der Waals surface area contributed by atoms with Crippen molar-refractivity contribution in [3.8, 4) is 0 Å². The minimum Gasteiger partial charge on any atom is -1.00 e. The molecule has 78 valence electrons. The molecule has 0 atom stereocenters. The van der Waals surface area contributed by atoms with Gasteiger partial charge in [0.2, 0.25) is 0 Å². The maximum atomic E-state index is 9.63. The molecule has 9 nitrogen and oxygen atoms in total. The van der Waals surface area contributed by atoms with Gasteiger partial charge in [0.15, 0.2) is 0 Å². The van der Waals surface area contributed by atoms with Crippen LogP contribution in [-0.2, 0) is 13.4 Å². The van der Waals surface area contributed by atoms with Crippen molar-refractivity contribution >= 4 is 53.4 Å². The summed E-state index contributed by atoms with van der Waals surface area (Å²) in [5.41, 5.74) is 0. The molecule has 0 spiro atoms. The largest absolute Gasteiger partial charge is 2.00 e. The van der Waals surface area contributed by atoms with Gasteiger partial charge in [0.25, 0.3) is 0 Å². The Kier molecular flexibility index (Phi) is 24.9. The van der Waals surface area contributed by atoms with Crippen LogP contribution in [0.3, 0.4) is 0 Å². The molecular formula is H13CaN2NaO7P2. The number of hydrogen-bond donors (Lipinski definition) is 6. The summed E-state index contributed by atoms with van der Waals surface area (Å²) in [5.74, 6) is 0. The molecule has 13 heavy (non-hydrogen) atoms. The van der Waals surface area contributed by atoms with Crippen molar-refractivity contribution in [2.45, 2.75) is 0 Å². The van der Waals surface area contributed by atoms with E-state index in [1.807, 2.05) is 0 Å². The molecule has 13 heteroatoms. The van der Waals surface area contributed by atoms with Gasteiger partial charge in [0, 0.05) is 0 Å². The summed E-state index contributed by atoms with van der Waals surface area (Å²) in [6, 6.07) is 0. The number of hydrogen-bond acceptors (Lipinski definition) is 5. The first kappa shape index (κ1) is 29.5. The molecular weight excluding hydrogens is 265 g/mol. The first-order valence-electron chi connectivity index (χ1n) is 1.53. The minimum atomic E-state index is -5.05. The quantitative estimate of drug-likeness (QED) is 0.219. The normalized spacial score (nSPS) is 9.54. The number of phosphoric acid groups is 2.